The molecule has 106 valence electrons. The second kappa shape index (κ2) is 5.83. The highest BCUT2D eigenvalue weighted by Crippen LogP contribution is 2.18. The van der Waals surface area contributed by atoms with Gasteiger partial charge in [0.25, 0.3) is 5.91 Å². The summed E-state index contributed by atoms with van der Waals surface area (Å²) in [7, 11) is 1.47. The van der Waals surface area contributed by atoms with Gasteiger partial charge in [0.2, 0.25) is 0 Å². The molecule has 0 fully saturated rings. The van der Waals surface area contributed by atoms with Gasteiger partial charge in [0, 0.05) is 18.2 Å². The van der Waals surface area contributed by atoms with Crippen LogP contribution in [0.5, 0.6) is 0 Å². The van der Waals surface area contributed by atoms with Gasteiger partial charge in [0.1, 0.15) is 0 Å². The summed E-state index contributed by atoms with van der Waals surface area (Å²) in [5.74, 6) is -0.515. The molecule has 7 heteroatoms. The predicted molar refractivity (Wildman–Crippen MR) is 69.9 cm³/mol. The summed E-state index contributed by atoms with van der Waals surface area (Å²) in [5.41, 5.74) is -0.297. The van der Waals surface area contributed by atoms with E-state index in [2.05, 4.69) is 5.32 Å². The fourth-order valence-corrected chi connectivity index (χ4v) is 1.82. The first-order valence-corrected chi connectivity index (χ1v) is 6.08. The lowest BCUT2D eigenvalue weighted by Gasteiger charge is -2.28. The molecule has 0 saturated carbocycles. The highest BCUT2D eigenvalue weighted by Gasteiger charge is 2.28. The smallest absolute Gasteiger partial charge is 0.323 e. The Bertz CT molecular complexity index is 483. The van der Waals surface area contributed by atoms with E-state index in [0.717, 1.165) is 0 Å². The van der Waals surface area contributed by atoms with E-state index >= 15 is 0 Å². The standard InChI is InChI=1S/C12H19N3O4/c1-4-12(2,7-8-16)13-11(17)9-5-6-10(14(9)3)15(18)19/h5-6,16H,4,7-8H2,1-3H3,(H,13,17). The summed E-state index contributed by atoms with van der Waals surface area (Å²) in [6, 6.07) is 2.72. The highest BCUT2D eigenvalue weighted by molar-refractivity contribution is 5.93. The Kier molecular flexibility index (Phi) is 4.66. The normalized spacial score (nSPS) is 13.9. The third-order valence-electron chi connectivity index (χ3n) is 3.37. The molecule has 19 heavy (non-hydrogen) atoms. The first-order chi connectivity index (χ1) is 8.84. The Hall–Kier alpha value is -1.89. The summed E-state index contributed by atoms with van der Waals surface area (Å²) in [6.07, 6.45) is 1.09. The molecule has 0 spiro atoms. The van der Waals surface area contributed by atoms with Crippen molar-refractivity contribution >= 4 is 11.7 Å². The fraction of sp³-hybridized carbons (Fsp3) is 0.583. The van der Waals surface area contributed by atoms with Crippen LogP contribution in [-0.2, 0) is 7.05 Å². The van der Waals surface area contributed by atoms with E-state index in [1.807, 2.05) is 13.8 Å². The number of carbonyl (C=O) groups is 1. The Morgan fingerprint density at radius 1 is 1.58 bits per heavy atom. The number of aromatic nitrogens is 1. The molecule has 1 aromatic heterocycles. The number of hydrogen-bond acceptors (Lipinski definition) is 4. The lowest BCUT2D eigenvalue weighted by molar-refractivity contribution is -0.391. The van der Waals surface area contributed by atoms with E-state index in [9.17, 15) is 14.9 Å². The Labute approximate surface area is 111 Å². The Balaban J connectivity index is 2.92. The van der Waals surface area contributed by atoms with Gasteiger partial charge in [0.05, 0.1) is 7.05 Å². The monoisotopic (exact) mass is 269 g/mol. The minimum absolute atomic E-state index is 0.0299. The molecule has 2 N–H and O–H groups in total. The average Bonchev–Trinajstić information content (AvgIpc) is 2.71. The van der Waals surface area contributed by atoms with E-state index in [4.69, 9.17) is 5.11 Å². The molecule has 0 aliphatic heterocycles. The number of nitro groups is 1. The zero-order valence-corrected chi connectivity index (χ0v) is 11.3. The van der Waals surface area contributed by atoms with Crippen LogP contribution >= 0.6 is 0 Å². The van der Waals surface area contributed by atoms with Gasteiger partial charge in [-0.1, -0.05) is 6.92 Å². The number of nitrogens with zero attached hydrogens (tertiary/aromatic N) is 2. The molecular formula is C12H19N3O4. The number of nitrogens with one attached hydrogen (secondary N) is 1. The Morgan fingerprint density at radius 3 is 2.63 bits per heavy atom. The van der Waals surface area contributed by atoms with Crippen molar-refractivity contribution < 1.29 is 14.8 Å². The number of amides is 1. The van der Waals surface area contributed by atoms with Crippen molar-refractivity contribution in [3.05, 3.63) is 27.9 Å². The summed E-state index contributed by atoms with van der Waals surface area (Å²) in [5, 5.41) is 22.5. The molecule has 0 aliphatic rings. The molecule has 1 atom stereocenters. The van der Waals surface area contributed by atoms with Crippen LogP contribution in [0.15, 0.2) is 12.1 Å². The van der Waals surface area contributed by atoms with Crippen LogP contribution in [0.3, 0.4) is 0 Å². The van der Waals surface area contributed by atoms with Crippen molar-refractivity contribution in [2.45, 2.75) is 32.2 Å². The topological polar surface area (TPSA) is 97.4 Å². The van der Waals surface area contributed by atoms with Gasteiger partial charge in [-0.25, -0.2) is 4.57 Å². The number of carbonyl (C=O) groups excluding carboxylic acids is 1. The number of rotatable bonds is 6. The zero-order chi connectivity index (χ0) is 14.6. The molecular weight excluding hydrogens is 250 g/mol. The van der Waals surface area contributed by atoms with Crippen molar-refractivity contribution in [2.75, 3.05) is 6.61 Å². The van der Waals surface area contributed by atoms with Gasteiger partial charge in [0.15, 0.2) is 5.69 Å². The minimum Gasteiger partial charge on any atom is -0.396 e. The minimum atomic E-state index is -0.538. The molecule has 1 aromatic rings. The van der Waals surface area contributed by atoms with Crippen LogP contribution in [0.25, 0.3) is 0 Å². The van der Waals surface area contributed by atoms with Crippen LogP contribution < -0.4 is 5.32 Å². The van der Waals surface area contributed by atoms with Crippen molar-refractivity contribution in [1.82, 2.24) is 9.88 Å². The number of aliphatic hydroxyl groups excluding tert-OH is 1. The lowest BCUT2D eigenvalue weighted by atomic mass is 9.95. The summed E-state index contributed by atoms with van der Waals surface area (Å²) >= 11 is 0. The van der Waals surface area contributed by atoms with Crippen LogP contribution in [0.1, 0.15) is 37.2 Å². The van der Waals surface area contributed by atoms with Gasteiger partial charge in [-0.3, -0.25) is 4.79 Å². The Morgan fingerprint density at radius 2 is 2.21 bits per heavy atom. The largest absolute Gasteiger partial charge is 0.396 e. The summed E-state index contributed by atoms with van der Waals surface area (Å²) in [6.45, 7) is 3.71. The second-order valence-electron chi connectivity index (χ2n) is 4.73. The van der Waals surface area contributed by atoms with E-state index in [1.54, 1.807) is 0 Å². The van der Waals surface area contributed by atoms with Gasteiger partial charge in [-0.05, 0) is 30.8 Å². The lowest BCUT2D eigenvalue weighted by Crippen LogP contribution is -2.46. The maximum atomic E-state index is 12.1. The van der Waals surface area contributed by atoms with Crippen LogP contribution in [0.4, 0.5) is 5.82 Å². The number of aliphatic hydroxyl groups is 1. The predicted octanol–water partition coefficient (Wildman–Crippen LogP) is 1.21. The molecule has 0 aliphatic carbocycles. The van der Waals surface area contributed by atoms with Gasteiger partial charge in [-0.15, -0.1) is 0 Å². The van der Waals surface area contributed by atoms with E-state index in [-0.39, 0.29) is 24.0 Å². The van der Waals surface area contributed by atoms with Gasteiger partial charge >= 0.3 is 5.82 Å². The van der Waals surface area contributed by atoms with Gasteiger partial charge in [-0.2, -0.15) is 0 Å². The zero-order valence-electron chi connectivity index (χ0n) is 11.3. The van der Waals surface area contributed by atoms with E-state index in [1.165, 1.54) is 23.7 Å². The van der Waals surface area contributed by atoms with Crippen LogP contribution in [0, 0.1) is 10.1 Å². The highest BCUT2D eigenvalue weighted by atomic mass is 16.6. The molecule has 0 aromatic carbocycles. The molecule has 1 amide bonds. The van der Waals surface area contributed by atoms with Crippen molar-refractivity contribution in [2.24, 2.45) is 7.05 Å². The van der Waals surface area contributed by atoms with Gasteiger partial charge < -0.3 is 20.5 Å². The molecule has 0 bridgehead atoms. The molecule has 0 saturated heterocycles. The van der Waals surface area contributed by atoms with Crippen molar-refractivity contribution in [3.8, 4) is 0 Å². The maximum absolute atomic E-state index is 12.1. The average molecular weight is 269 g/mol. The van der Waals surface area contributed by atoms with E-state index in [0.29, 0.717) is 12.8 Å². The molecule has 1 heterocycles. The molecule has 1 unspecified atom stereocenters. The maximum Gasteiger partial charge on any atom is 0.323 e. The molecule has 7 nitrogen and oxygen atoms in total. The second-order valence-corrected chi connectivity index (χ2v) is 4.73. The first-order valence-electron chi connectivity index (χ1n) is 6.08. The number of hydrogen-bond donors (Lipinski definition) is 2. The quantitative estimate of drug-likeness (QED) is 0.599. The third kappa shape index (κ3) is 3.31. The molecule has 1 rings (SSSR count). The van der Waals surface area contributed by atoms with Crippen molar-refractivity contribution in [1.29, 1.82) is 0 Å². The first kappa shape index (κ1) is 15.2. The molecule has 0 radical (unpaired) electrons. The SMILES string of the molecule is CCC(C)(CCO)NC(=O)c1ccc([N+](=O)[O-])n1C. The summed E-state index contributed by atoms with van der Waals surface area (Å²) in [4.78, 5) is 22.3. The van der Waals surface area contributed by atoms with Crippen LogP contribution in [-0.4, -0.2) is 32.6 Å². The van der Waals surface area contributed by atoms with Crippen molar-refractivity contribution in [3.63, 3.8) is 0 Å². The third-order valence-corrected chi connectivity index (χ3v) is 3.37. The fourth-order valence-electron chi connectivity index (χ4n) is 1.82. The summed E-state index contributed by atoms with van der Waals surface area (Å²) < 4.78 is 1.24. The van der Waals surface area contributed by atoms with Crippen LogP contribution in [0.2, 0.25) is 0 Å². The van der Waals surface area contributed by atoms with E-state index < -0.39 is 10.5 Å².